The molecule has 0 spiro atoms. The Kier molecular flexibility index (Phi) is 2.54. The fraction of sp³-hybridized carbons (Fsp3) is 0.700. The standard InChI is InChI=1S/C10H16N2S/c1-8-7-13-10(11-8)12-6-4-3-5-9(12)2/h7,9H,3-6H2,1-2H3. The van der Waals surface area contributed by atoms with E-state index in [0.29, 0.717) is 6.04 Å². The molecule has 1 unspecified atom stereocenters. The van der Waals surface area contributed by atoms with Crippen molar-refractivity contribution in [2.45, 2.75) is 39.2 Å². The van der Waals surface area contributed by atoms with Crippen LogP contribution in [0.1, 0.15) is 31.9 Å². The highest BCUT2D eigenvalue weighted by atomic mass is 32.1. The smallest absolute Gasteiger partial charge is 0.185 e. The van der Waals surface area contributed by atoms with Crippen LogP contribution in [-0.2, 0) is 0 Å². The monoisotopic (exact) mass is 196 g/mol. The van der Waals surface area contributed by atoms with Gasteiger partial charge in [-0.15, -0.1) is 11.3 Å². The van der Waals surface area contributed by atoms with Gasteiger partial charge in [-0.2, -0.15) is 0 Å². The molecule has 0 amide bonds. The lowest BCUT2D eigenvalue weighted by molar-refractivity contribution is 0.484. The van der Waals surface area contributed by atoms with Crippen LogP contribution in [-0.4, -0.2) is 17.6 Å². The lowest BCUT2D eigenvalue weighted by Gasteiger charge is -2.33. The van der Waals surface area contributed by atoms with Gasteiger partial charge in [0.2, 0.25) is 0 Å². The molecule has 13 heavy (non-hydrogen) atoms. The van der Waals surface area contributed by atoms with Crippen LogP contribution in [0.2, 0.25) is 0 Å². The summed E-state index contributed by atoms with van der Waals surface area (Å²) < 4.78 is 0. The van der Waals surface area contributed by atoms with Crippen molar-refractivity contribution >= 4 is 16.5 Å². The lowest BCUT2D eigenvalue weighted by atomic mass is 10.1. The minimum Gasteiger partial charge on any atom is -0.345 e. The van der Waals surface area contributed by atoms with Crippen LogP contribution in [0.3, 0.4) is 0 Å². The number of aromatic nitrogens is 1. The molecule has 2 rings (SSSR count). The van der Waals surface area contributed by atoms with Crippen molar-refractivity contribution in [1.82, 2.24) is 4.98 Å². The van der Waals surface area contributed by atoms with E-state index in [1.54, 1.807) is 11.3 Å². The van der Waals surface area contributed by atoms with Gasteiger partial charge >= 0.3 is 0 Å². The van der Waals surface area contributed by atoms with E-state index in [4.69, 9.17) is 0 Å². The molecule has 0 bridgehead atoms. The van der Waals surface area contributed by atoms with E-state index in [2.05, 4.69) is 29.1 Å². The van der Waals surface area contributed by atoms with Crippen LogP contribution in [0.4, 0.5) is 5.13 Å². The minimum absolute atomic E-state index is 0.680. The molecule has 0 N–H and O–H groups in total. The number of aryl methyl sites for hydroxylation is 1. The Morgan fingerprint density at radius 1 is 1.54 bits per heavy atom. The van der Waals surface area contributed by atoms with E-state index in [9.17, 15) is 0 Å². The quantitative estimate of drug-likeness (QED) is 0.686. The molecule has 1 atom stereocenters. The summed E-state index contributed by atoms with van der Waals surface area (Å²) in [6, 6.07) is 0.680. The highest BCUT2D eigenvalue weighted by Gasteiger charge is 2.20. The van der Waals surface area contributed by atoms with Crippen LogP contribution >= 0.6 is 11.3 Å². The third-order valence-electron chi connectivity index (χ3n) is 2.66. The molecule has 1 aliphatic rings. The molecule has 1 saturated heterocycles. The van der Waals surface area contributed by atoms with E-state index in [-0.39, 0.29) is 0 Å². The van der Waals surface area contributed by atoms with Crippen LogP contribution in [0.15, 0.2) is 5.38 Å². The Bertz CT molecular complexity index is 282. The fourth-order valence-electron chi connectivity index (χ4n) is 1.86. The van der Waals surface area contributed by atoms with Crippen LogP contribution in [0, 0.1) is 6.92 Å². The Morgan fingerprint density at radius 3 is 3.00 bits per heavy atom. The predicted octanol–water partition coefficient (Wildman–Crippen LogP) is 2.83. The number of rotatable bonds is 1. The molecule has 0 aliphatic carbocycles. The highest BCUT2D eigenvalue weighted by molar-refractivity contribution is 7.13. The molecule has 1 aromatic heterocycles. The van der Waals surface area contributed by atoms with Crippen molar-refractivity contribution in [3.05, 3.63) is 11.1 Å². The summed E-state index contributed by atoms with van der Waals surface area (Å²) in [4.78, 5) is 6.97. The Labute approximate surface area is 83.6 Å². The predicted molar refractivity (Wildman–Crippen MR) is 57.5 cm³/mol. The fourth-order valence-corrected chi connectivity index (χ4v) is 2.79. The van der Waals surface area contributed by atoms with Crippen molar-refractivity contribution < 1.29 is 0 Å². The van der Waals surface area contributed by atoms with Gasteiger partial charge in [0.1, 0.15) is 0 Å². The van der Waals surface area contributed by atoms with Gasteiger partial charge in [-0.3, -0.25) is 0 Å². The summed E-state index contributed by atoms with van der Waals surface area (Å²) in [5, 5.41) is 3.35. The van der Waals surface area contributed by atoms with Gasteiger partial charge in [0.25, 0.3) is 0 Å². The number of nitrogens with zero attached hydrogens (tertiary/aromatic N) is 2. The van der Waals surface area contributed by atoms with Crippen LogP contribution in [0.5, 0.6) is 0 Å². The van der Waals surface area contributed by atoms with Gasteiger partial charge in [0.05, 0.1) is 5.69 Å². The maximum atomic E-state index is 4.53. The first kappa shape index (κ1) is 9.00. The maximum absolute atomic E-state index is 4.53. The van der Waals surface area contributed by atoms with E-state index < -0.39 is 0 Å². The normalized spacial score (nSPS) is 23.5. The van der Waals surface area contributed by atoms with Gasteiger partial charge < -0.3 is 4.90 Å². The van der Waals surface area contributed by atoms with Gasteiger partial charge in [-0.05, 0) is 33.1 Å². The van der Waals surface area contributed by atoms with Crippen molar-refractivity contribution in [3.8, 4) is 0 Å². The average Bonchev–Trinajstić information content (AvgIpc) is 2.53. The summed E-state index contributed by atoms with van der Waals surface area (Å²) in [5.41, 5.74) is 1.15. The number of anilines is 1. The van der Waals surface area contributed by atoms with E-state index in [0.717, 1.165) is 5.69 Å². The van der Waals surface area contributed by atoms with Crippen LogP contribution < -0.4 is 4.90 Å². The topological polar surface area (TPSA) is 16.1 Å². The first-order valence-electron chi connectivity index (χ1n) is 4.96. The zero-order valence-corrected chi connectivity index (χ0v) is 9.10. The molecule has 72 valence electrons. The second-order valence-electron chi connectivity index (χ2n) is 3.81. The van der Waals surface area contributed by atoms with Gasteiger partial charge in [0.15, 0.2) is 5.13 Å². The molecule has 3 heteroatoms. The number of thiazole rings is 1. The molecule has 1 aliphatic heterocycles. The second-order valence-corrected chi connectivity index (χ2v) is 4.65. The molecule has 0 aromatic carbocycles. The first-order valence-corrected chi connectivity index (χ1v) is 5.84. The molecule has 0 radical (unpaired) electrons. The largest absolute Gasteiger partial charge is 0.345 e. The van der Waals surface area contributed by atoms with Crippen molar-refractivity contribution in [3.63, 3.8) is 0 Å². The number of piperidine rings is 1. The zero-order valence-electron chi connectivity index (χ0n) is 8.29. The highest BCUT2D eigenvalue weighted by Crippen LogP contribution is 2.27. The zero-order chi connectivity index (χ0) is 9.26. The third kappa shape index (κ3) is 1.85. The third-order valence-corrected chi connectivity index (χ3v) is 3.65. The van der Waals surface area contributed by atoms with E-state index in [1.807, 2.05) is 0 Å². The average molecular weight is 196 g/mol. The summed E-state index contributed by atoms with van der Waals surface area (Å²) in [5.74, 6) is 0. The molecular formula is C10H16N2S. The summed E-state index contributed by atoms with van der Waals surface area (Å²) in [6.07, 6.45) is 4.02. The second kappa shape index (κ2) is 3.66. The summed E-state index contributed by atoms with van der Waals surface area (Å²) in [7, 11) is 0. The SMILES string of the molecule is Cc1csc(N2CCCCC2C)n1. The molecule has 2 heterocycles. The molecule has 2 nitrogen and oxygen atoms in total. The number of hydrogen-bond acceptors (Lipinski definition) is 3. The van der Waals surface area contributed by atoms with Crippen LogP contribution in [0.25, 0.3) is 0 Å². The van der Waals surface area contributed by atoms with Gasteiger partial charge in [0, 0.05) is 18.0 Å². The van der Waals surface area contributed by atoms with Gasteiger partial charge in [-0.1, -0.05) is 0 Å². The summed E-state index contributed by atoms with van der Waals surface area (Å²) in [6.45, 7) is 5.55. The Hall–Kier alpha value is -0.570. The van der Waals surface area contributed by atoms with Crippen molar-refractivity contribution in [2.24, 2.45) is 0 Å². The molecule has 0 saturated carbocycles. The Morgan fingerprint density at radius 2 is 2.38 bits per heavy atom. The van der Waals surface area contributed by atoms with Gasteiger partial charge in [-0.25, -0.2) is 4.98 Å². The minimum atomic E-state index is 0.680. The van der Waals surface area contributed by atoms with Crippen molar-refractivity contribution in [2.75, 3.05) is 11.4 Å². The molecule has 1 aromatic rings. The molecular weight excluding hydrogens is 180 g/mol. The molecule has 1 fully saturated rings. The first-order chi connectivity index (χ1) is 6.27. The van der Waals surface area contributed by atoms with E-state index in [1.165, 1.54) is 30.9 Å². The number of hydrogen-bond donors (Lipinski definition) is 0. The Balaban J connectivity index is 2.14. The van der Waals surface area contributed by atoms with Crippen molar-refractivity contribution in [1.29, 1.82) is 0 Å². The maximum Gasteiger partial charge on any atom is 0.185 e. The van der Waals surface area contributed by atoms with E-state index >= 15 is 0 Å². The lowest BCUT2D eigenvalue weighted by Crippen LogP contribution is -2.37. The summed E-state index contributed by atoms with van der Waals surface area (Å²) >= 11 is 1.77.